The molecule has 152 valence electrons. The van der Waals surface area contributed by atoms with Crippen LogP contribution in [0, 0.1) is 12.8 Å². The molecule has 8 nitrogen and oxygen atoms in total. The van der Waals surface area contributed by atoms with Crippen molar-refractivity contribution in [3.05, 3.63) is 28.8 Å². The van der Waals surface area contributed by atoms with Gasteiger partial charge >= 0.3 is 0 Å². The molecular formula is C19H21N5O3S2. The van der Waals surface area contributed by atoms with Gasteiger partial charge in [-0.05, 0) is 19.1 Å². The zero-order valence-electron chi connectivity index (χ0n) is 16.6. The van der Waals surface area contributed by atoms with Crippen molar-refractivity contribution in [2.75, 3.05) is 44.5 Å². The summed E-state index contributed by atoms with van der Waals surface area (Å²) in [6.07, 6.45) is 0. The lowest BCUT2D eigenvalue weighted by atomic mass is 10.0. The number of ether oxygens (including phenoxy) is 1. The highest BCUT2D eigenvalue weighted by molar-refractivity contribution is 7.22. The van der Waals surface area contributed by atoms with Crippen molar-refractivity contribution in [2.45, 2.75) is 6.92 Å². The fraction of sp³-hybridized carbons (Fsp3) is 0.368. The van der Waals surface area contributed by atoms with Crippen LogP contribution in [0.2, 0.25) is 0 Å². The topological polar surface area (TPSA) is 87.7 Å². The fourth-order valence-electron chi connectivity index (χ4n) is 3.02. The Labute approximate surface area is 176 Å². The van der Waals surface area contributed by atoms with Crippen molar-refractivity contribution in [1.29, 1.82) is 0 Å². The largest absolute Gasteiger partial charge is 0.497 e. The number of nitrogens with zero attached hydrogens (tertiary/aromatic N) is 4. The summed E-state index contributed by atoms with van der Waals surface area (Å²) >= 11 is 2.81. The van der Waals surface area contributed by atoms with Crippen LogP contribution in [0.4, 0.5) is 10.3 Å². The van der Waals surface area contributed by atoms with Gasteiger partial charge in [-0.3, -0.25) is 9.59 Å². The molecule has 2 amide bonds. The molecule has 0 radical (unpaired) electrons. The predicted octanol–water partition coefficient (Wildman–Crippen LogP) is 2.85. The number of thiazole rings is 2. The van der Waals surface area contributed by atoms with Crippen LogP contribution >= 0.6 is 22.7 Å². The summed E-state index contributed by atoms with van der Waals surface area (Å²) in [5.74, 6) is 0.458. The van der Waals surface area contributed by atoms with Crippen molar-refractivity contribution in [2.24, 2.45) is 5.92 Å². The number of carbonyl (C=O) groups is 2. The van der Waals surface area contributed by atoms with Gasteiger partial charge in [0.2, 0.25) is 5.91 Å². The predicted molar refractivity (Wildman–Crippen MR) is 115 cm³/mol. The molecule has 0 atom stereocenters. The fourth-order valence-corrected chi connectivity index (χ4v) is 4.97. The third kappa shape index (κ3) is 3.77. The smallest absolute Gasteiger partial charge is 0.265 e. The molecule has 1 saturated heterocycles. The number of fused-ring (bicyclic) bond motifs is 1. The first-order chi connectivity index (χ1) is 13.9. The van der Waals surface area contributed by atoms with Gasteiger partial charge in [0.05, 0.1) is 28.9 Å². The van der Waals surface area contributed by atoms with Gasteiger partial charge in [0.1, 0.15) is 10.6 Å². The summed E-state index contributed by atoms with van der Waals surface area (Å²) in [7, 11) is 5.03. The Balaban J connectivity index is 1.38. The number of hydrogen-bond acceptors (Lipinski definition) is 8. The first-order valence-corrected chi connectivity index (χ1v) is 10.7. The molecule has 29 heavy (non-hydrogen) atoms. The third-order valence-corrected chi connectivity index (χ3v) is 6.89. The van der Waals surface area contributed by atoms with E-state index < -0.39 is 0 Å². The number of rotatable bonds is 5. The van der Waals surface area contributed by atoms with E-state index in [9.17, 15) is 9.59 Å². The monoisotopic (exact) mass is 431 g/mol. The highest BCUT2D eigenvalue weighted by Crippen LogP contribution is 2.35. The second-order valence-electron chi connectivity index (χ2n) is 7.05. The van der Waals surface area contributed by atoms with Gasteiger partial charge in [-0.15, -0.1) is 0 Å². The summed E-state index contributed by atoms with van der Waals surface area (Å²) in [5.41, 5.74) is 1.53. The number of methoxy groups -OCH3 is 1. The lowest BCUT2D eigenvalue weighted by Gasteiger charge is -2.37. The molecule has 0 saturated carbocycles. The van der Waals surface area contributed by atoms with Crippen LogP contribution in [0.5, 0.6) is 5.75 Å². The zero-order chi connectivity index (χ0) is 20.7. The third-order valence-electron chi connectivity index (χ3n) is 4.73. The Morgan fingerprint density at radius 2 is 2.00 bits per heavy atom. The van der Waals surface area contributed by atoms with Crippen LogP contribution < -0.4 is 15.0 Å². The van der Waals surface area contributed by atoms with E-state index in [2.05, 4.69) is 20.2 Å². The van der Waals surface area contributed by atoms with Gasteiger partial charge < -0.3 is 19.9 Å². The highest BCUT2D eigenvalue weighted by atomic mass is 32.1. The standard InChI is InChI=1S/C19H21N5O3S2/c1-10-15(17(26)23(2)3)29-18(20-10)22-16(25)11-8-24(9-11)19-21-13-7-12(27-4)5-6-14(13)28-19/h5-7,11H,8-9H2,1-4H3,(H,20,22,25). The molecule has 1 fully saturated rings. The van der Waals surface area contributed by atoms with Crippen LogP contribution in [-0.2, 0) is 4.79 Å². The summed E-state index contributed by atoms with van der Waals surface area (Å²) in [4.78, 5) is 37.8. The minimum atomic E-state index is -0.131. The van der Waals surface area contributed by atoms with Gasteiger partial charge in [-0.2, -0.15) is 0 Å². The molecule has 1 aliphatic rings. The number of nitrogens with one attached hydrogen (secondary N) is 1. The van der Waals surface area contributed by atoms with Crippen molar-refractivity contribution >= 4 is 55.0 Å². The Kier molecular flexibility index (Phi) is 5.13. The molecule has 3 aromatic rings. The molecule has 1 aromatic carbocycles. The zero-order valence-corrected chi connectivity index (χ0v) is 18.2. The number of carbonyl (C=O) groups excluding carboxylic acids is 2. The van der Waals surface area contributed by atoms with E-state index in [1.807, 2.05) is 18.2 Å². The Hall–Kier alpha value is -2.72. The van der Waals surface area contributed by atoms with E-state index in [-0.39, 0.29) is 17.7 Å². The van der Waals surface area contributed by atoms with Crippen molar-refractivity contribution < 1.29 is 14.3 Å². The summed E-state index contributed by atoms with van der Waals surface area (Å²) in [5, 5.41) is 4.22. The highest BCUT2D eigenvalue weighted by Gasteiger charge is 2.35. The van der Waals surface area contributed by atoms with E-state index in [1.165, 1.54) is 16.2 Å². The molecule has 0 aliphatic carbocycles. The molecule has 4 rings (SSSR count). The minimum absolute atomic E-state index is 0.0818. The summed E-state index contributed by atoms with van der Waals surface area (Å²) in [6.45, 7) is 2.99. The van der Waals surface area contributed by atoms with E-state index in [1.54, 1.807) is 39.5 Å². The maximum atomic E-state index is 12.6. The van der Waals surface area contributed by atoms with Crippen molar-refractivity contribution in [3.8, 4) is 5.75 Å². The maximum absolute atomic E-state index is 12.6. The number of anilines is 2. The van der Waals surface area contributed by atoms with Gasteiger partial charge in [0.15, 0.2) is 10.3 Å². The van der Waals surface area contributed by atoms with Crippen LogP contribution in [-0.4, -0.2) is 61.0 Å². The second kappa shape index (κ2) is 7.60. The van der Waals surface area contributed by atoms with Gasteiger partial charge in [0.25, 0.3) is 5.91 Å². The summed E-state index contributed by atoms with van der Waals surface area (Å²) in [6, 6.07) is 5.83. The van der Waals surface area contributed by atoms with E-state index in [0.717, 1.165) is 21.1 Å². The number of benzene rings is 1. The average Bonchev–Trinajstić information content (AvgIpc) is 3.21. The number of aryl methyl sites for hydroxylation is 1. The van der Waals surface area contributed by atoms with Crippen molar-refractivity contribution in [3.63, 3.8) is 0 Å². The van der Waals surface area contributed by atoms with E-state index >= 15 is 0 Å². The molecule has 0 bridgehead atoms. The number of hydrogen-bond donors (Lipinski definition) is 1. The molecule has 10 heteroatoms. The van der Waals surface area contributed by atoms with E-state index in [4.69, 9.17) is 4.74 Å². The van der Waals surface area contributed by atoms with Gasteiger partial charge in [-0.25, -0.2) is 9.97 Å². The average molecular weight is 432 g/mol. The van der Waals surface area contributed by atoms with Gasteiger partial charge in [-0.1, -0.05) is 22.7 Å². The Bertz CT molecular complexity index is 1080. The molecule has 0 spiro atoms. The number of aromatic nitrogens is 2. The SMILES string of the molecule is COc1ccc2sc(N3CC(C(=O)Nc4nc(C)c(C(=O)N(C)C)s4)C3)nc2c1. The lowest BCUT2D eigenvalue weighted by Crippen LogP contribution is -2.52. The lowest BCUT2D eigenvalue weighted by molar-refractivity contribution is -0.120. The first-order valence-electron chi connectivity index (χ1n) is 9.05. The van der Waals surface area contributed by atoms with Gasteiger partial charge in [0, 0.05) is 33.3 Å². The molecule has 0 unspecified atom stereocenters. The molecule has 2 aromatic heterocycles. The Morgan fingerprint density at radius 3 is 2.69 bits per heavy atom. The minimum Gasteiger partial charge on any atom is -0.497 e. The summed E-state index contributed by atoms with van der Waals surface area (Å²) < 4.78 is 6.33. The first kappa shape index (κ1) is 19.6. The quantitative estimate of drug-likeness (QED) is 0.668. The van der Waals surface area contributed by atoms with E-state index in [0.29, 0.717) is 28.8 Å². The van der Waals surface area contributed by atoms with Crippen LogP contribution in [0.1, 0.15) is 15.4 Å². The molecule has 3 heterocycles. The van der Waals surface area contributed by atoms with Crippen LogP contribution in [0.25, 0.3) is 10.2 Å². The number of amides is 2. The maximum Gasteiger partial charge on any atom is 0.265 e. The molecule has 1 N–H and O–H groups in total. The molecule has 1 aliphatic heterocycles. The van der Waals surface area contributed by atoms with Crippen molar-refractivity contribution in [1.82, 2.24) is 14.9 Å². The van der Waals surface area contributed by atoms with Crippen LogP contribution in [0.15, 0.2) is 18.2 Å². The normalized spacial score (nSPS) is 14.0. The van der Waals surface area contributed by atoms with Crippen LogP contribution in [0.3, 0.4) is 0 Å². The Morgan fingerprint density at radius 1 is 1.24 bits per heavy atom. The second-order valence-corrected chi connectivity index (χ2v) is 9.06. The molecular weight excluding hydrogens is 410 g/mol.